The number of carbonyl (C=O) groups is 2. The molecule has 6 N–H and O–H groups in total. The number of benzene rings is 3. The van der Waals surface area contributed by atoms with Gasteiger partial charge in [-0.15, -0.1) is 0 Å². The van der Waals surface area contributed by atoms with Gasteiger partial charge in [-0.3, -0.25) is 15.1 Å². The Balaban J connectivity index is 1.93. The number of halogens is 1. The number of nitrogens with two attached hydrogens (primary N) is 1. The molecule has 0 aliphatic heterocycles. The lowest BCUT2D eigenvalue weighted by Gasteiger charge is -2.23. The van der Waals surface area contributed by atoms with E-state index in [2.05, 4.69) is 29.4 Å². The van der Waals surface area contributed by atoms with E-state index in [1.807, 2.05) is 26.1 Å². The largest absolute Gasteiger partial charge is 0.490 e. The van der Waals surface area contributed by atoms with E-state index < -0.39 is 18.5 Å². The number of ether oxygens (including phenoxy) is 2. The van der Waals surface area contributed by atoms with E-state index in [4.69, 9.17) is 32.2 Å². The highest BCUT2D eigenvalue weighted by molar-refractivity contribution is 6.31. The van der Waals surface area contributed by atoms with Gasteiger partial charge in [-0.1, -0.05) is 11.6 Å². The fourth-order valence-corrected chi connectivity index (χ4v) is 4.13. The molecule has 0 heterocycles. The smallest absolute Gasteiger partial charge is 0.341 e. The predicted molar refractivity (Wildman–Crippen MR) is 162 cm³/mol. The van der Waals surface area contributed by atoms with Crippen LogP contribution in [0.15, 0.2) is 54.6 Å². The predicted octanol–water partition coefficient (Wildman–Crippen LogP) is 5.19. The Morgan fingerprint density at radius 2 is 1.80 bits per heavy atom. The normalized spacial score (nSPS) is 10.9. The topological polar surface area (TPSA) is 150 Å². The second-order valence-electron chi connectivity index (χ2n) is 9.70. The molecule has 0 radical (unpaired) electrons. The molecule has 41 heavy (non-hydrogen) atoms. The van der Waals surface area contributed by atoms with Crippen molar-refractivity contribution in [1.29, 1.82) is 5.41 Å². The zero-order chi connectivity index (χ0) is 30.1. The van der Waals surface area contributed by atoms with Gasteiger partial charge in [0.1, 0.15) is 5.84 Å². The zero-order valence-corrected chi connectivity index (χ0v) is 24.3. The minimum atomic E-state index is -1.11. The number of nitrogens with zero attached hydrogens (tertiary/aromatic N) is 1. The molecule has 11 heteroatoms. The second-order valence-corrected chi connectivity index (χ2v) is 10.1. The van der Waals surface area contributed by atoms with Crippen LogP contribution in [0.4, 0.5) is 11.4 Å². The Morgan fingerprint density at radius 1 is 1.10 bits per heavy atom. The number of hydrogen-bond acceptors (Lipinski definition) is 7. The van der Waals surface area contributed by atoms with Crippen molar-refractivity contribution in [2.75, 3.05) is 30.9 Å². The van der Waals surface area contributed by atoms with Gasteiger partial charge in [0, 0.05) is 46.7 Å². The monoisotopic (exact) mass is 581 g/mol. The number of nitrogen functional groups attached to an aromatic ring is 1. The first-order valence-corrected chi connectivity index (χ1v) is 13.5. The summed E-state index contributed by atoms with van der Waals surface area (Å²) in [5.41, 5.74) is 9.04. The molecule has 0 saturated heterocycles. The minimum absolute atomic E-state index is 0.0664. The molecule has 0 saturated carbocycles. The van der Waals surface area contributed by atoms with Crippen LogP contribution in [0.2, 0.25) is 5.02 Å². The van der Waals surface area contributed by atoms with Crippen LogP contribution in [0.3, 0.4) is 0 Å². The molecule has 0 aliphatic rings. The molecular weight excluding hydrogens is 546 g/mol. The van der Waals surface area contributed by atoms with Crippen molar-refractivity contribution in [3.05, 3.63) is 81.9 Å². The van der Waals surface area contributed by atoms with E-state index in [1.165, 1.54) is 0 Å². The number of nitrogens with one attached hydrogen (secondary N) is 3. The molecule has 1 amide bonds. The van der Waals surface area contributed by atoms with Gasteiger partial charge in [-0.05, 0) is 88.0 Å². The summed E-state index contributed by atoms with van der Waals surface area (Å²) >= 11 is 6.24. The number of rotatable bonds is 14. The molecule has 0 aliphatic carbocycles. The van der Waals surface area contributed by atoms with Crippen LogP contribution < -0.4 is 25.8 Å². The zero-order valence-electron chi connectivity index (χ0n) is 23.6. The number of anilines is 2. The van der Waals surface area contributed by atoms with Crippen LogP contribution in [-0.2, 0) is 17.9 Å². The van der Waals surface area contributed by atoms with E-state index in [-0.39, 0.29) is 12.4 Å². The lowest BCUT2D eigenvalue weighted by Crippen LogP contribution is -2.25. The number of carboxylic acids is 1. The van der Waals surface area contributed by atoms with Crippen LogP contribution in [-0.4, -0.2) is 54.0 Å². The molecule has 0 unspecified atom stereocenters. The van der Waals surface area contributed by atoms with Crippen LogP contribution in [0.1, 0.15) is 47.8 Å². The van der Waals surface area contributed by atoms with Gasteiger partial charge in [0.15, 0.2) is 18.1 Å². The van der Waals surface area contributed by atoms with Crippen LogP contribution in [0, 0.1) is 5.41 Å². The van der Waals surface area contributed by atoms with E-state index in [0.29, 0.717) is 63.8 Å². The van der Waals surface area contributed by atoms with Gasteiger partial charge < -0.3 is 30.9 Å². The third-order valence-electron chi connectivity index (χ3n) is 6.29. The standard InChI is InChI=1S/C30H36ClN5O5/c1-5-40-26-13-19(16-36(4)18(2)3)12-21(28(26)41-17-27(37)38)15-34-25-11-8-22(31)14-24(25)30(39)35-23-9-6-20(7-10-23)29(32)33/h6-14,18,34H,5,15-17H2,1-4H3,(H3,32,33)(H,35,39)(H,37,38). The van der Waals surface area contributed by atoms with Crippen molar-refractivity contribution in [2.45, 2.75) is 39.9 Å². The van der Waals surface area contributed by atoms with Gasteiger partial charge in [-0.25, -0.2) is 4.79 Å². The Hall–Kier alpha value is -4.28. The summed E-state index contributed by atoms with van der Waals surface area (Å²) < 4.78 is 11.5. The highest BCUT2D eigenvalue weighted by atomic mass is 35.5. The summed E-state index contributed by atoms with van der Waals surface area (Å²) in [6.07, 6.45) is 0. The van der Waals surface area contributed by atoms with Crippen molar-refractivity contribution in [3.63, 3.8) is 0 Å². The summed E-state index contributed by atoms with van der Waals surface area (Å²) in [6, 6.07) is 15.7. The van der Waals surface area contributed by atoms with Crippen LogP contribution >= 0.6 is 11.6 Å². The fraction of sp³-hybridized carbons (Fsp3) is 0.300. The molecule has 0 fully saturated rings. The third kappa shape index (κ3) is 8.86. The number of amidine groups is 1. The lowest BCUT2D eigenvalue weighted by molar-refractivity contribution is -0.139. The number of hydrogen-bond donors (Lipinski definition) is 5. The number of aliphatic carboxylic acids is 1. The van der Waals surface area contributed by atoms with Crippen molar-refractivity contribution < 1.29 is 24.2 Å². The van der Waals surface area contributed by atoms with E-state index in [1.54, 1.807) is 42.5 Å². The van der Waals surface area contributed by atoms with Crippen molar-refractivity contribution in [2.24, 2.45) is 5.73 Å². The maximum Gasteiger partial charge on any atom is 0.341 e. The Kier molecular flexibility index (Phi) is 11.0. The maximum absolute atomic E-state index is 13.2. The molecule has 0 aromatic heterocycles. The van der Waals surface area contributed by atoms with Gasteiger partial charge in [0.05, 0.1) is 12.2 Å². The third-order valence-corrected chi connectivity index (χ3v) is 6.53. The van der Waals surface area contributed by atoms with E-state index in [9.17, 15) is 14.7 Å². The summed E-state index contributed by atoms with van der Waals surface area (Å²) in [5.74, 6) is -0.798. The Bertz CT molecular complexity index is 1390. The molecule has 10 nitrogen and oxygen atoms in total. The molecule has 0 spiro atoms. The molecule has 218 valence electrons. The first kappa shape index (κ1) is 31.3. The van der Waals surface area contributed by atoms with E-state index in [0.717, 1.165) is 5.56 Å². The highest BCUT2D eigenvalue weighted by Gasteiger charge is 2.19. The summed E-state index contributed by atoms with van der Waals surface area (Å²) in [5, 5.41) is 23.3. The SMILES string of the molecule is CCOc1cc(CN(C)C(C)C)cc(CNc2ccc(Cl)cc2C(=O)Nc2ccc(C(=N)N)cc2)c1OCC(=O)O. The van der Waals surface area contributed by atoms with Gasteiger partial charge in [0.2, 0.25) is 0 Å². The summed E-state index contributed by atoms with van der Waals surface area (Å²) in [6.45, 7) is 6.73. The molecule has 3 aromatic rings. The number of amides is 1. The quantitative estimate of drug-likeness (QED) is 0.129. The number of carboxylic acid groups (broad SMARTS) is 1. The van der Waals surface area contributed by atoms with Crippen LogP contribution in [0.5, 0.6) is 11.5 Å². The minimum Gasteiger partial charge on any atom is -0.490 e. The molecule has 0 bridgehead atoms. The highest BCUT2D eigenvalue weighted by Crippen LogP contribution is 2.35. The first-order valence-electron chi connectivity index (χ1n) is 13.1. The molecule has 3 aromatic carbocycles. The Labute approximate surface area is 244 Å². The second kappa shape index (κ2) is 14.4. The summed E-state index contributed by atoms with van der Waals surface area (Å²) in [4.78, 5) is 26.7. The van der Waals surface area contributed by atoms with Crippen molar-refractivity contribution >= 4 is 40.7 Å². The molecule has 0 atom stereocenters. The summed E-state index contributed by atoms with van der Waals surface area (Å²) in [7, 11) is 2.02. The maximum atomic E-state index is 13.2. The van der Waals surface area contributed by atoms with Gasteiger partial charge in [-0.2, -0.15) is 0 Å². The average Bonchev–Trinajstić information content (AvgIpc) is 2.92. The van der Waals surface area contributed by atoms with Crippen molar-refractivity contribution in [1.82, 2.24) is 4.90 Å². The van der Waals surface area contributed by atoms with Crippen LogP contribution in [0.25, 0.3) is 0 Å². The molecule has 3 rings (SSSR count). The molecular formula is C30H36ClN5O5. The first-order chi connectivity index (χ1) is 19.5. The Morgan fingerprint density at radius 3 is 2.41 bits per heavy atom. The fourth-order valence-electron chi connectivity index (χ4n) is 3.96. The van der Waals surface area contributed by atoms with Gasteiger partial charge in [0.25, 0.3) is 5.91 Å². The number of carbonyl (C=O) groups excluding carboxylic acids is 1. The van der Waals surface area contributed by atoms with Gasteiger partial charge >= 0.3 is 5.97 Å². The van der Waals surface area contributed by atoms with Crippen molar-refractivity contribution in [3.8, 4) is 11.5 Å². The van der Waals surface area contributed by atoms with E-state index >= 15 is 0 Å². The average molecular weight is 582 g/mol. The lowest BCUT2D eigenvalue weighted by atomic mass is 10.1.